The lowest BCUT2D eigenvalue weighted by molar-refractivity contribution is -0.104. The lowest BCUT2D eigenvalue weighted by Gasteiger charge is -2.06. The number of ether oxygens (including phenoxy) is 1. The Morgan fingerprint density at radius 3 is 2.65 bits per heavy atom. The Kier molecular flexibility index (Phi) is 4.64. The second-order valence-electron chi connectivity index (χ2n) is 3.80. The van der Waals surface area contributed by atoms with Crippen LogP contribution < -0.4 is 0 Å². The van der Waals surface area contributed by atoms with Crippen molar-refractivity contribution in [3.63, 3.8) is 0 Å². The van der Waals surface area contributed by atoms with Gasteiger partial charge >= 0.3 is 5.97 Å². The van der Waals surface area contributed by atoms with Crippen LogP contribution in [-0.2, 0) is 9.53 Å². The van der Waals surface area contributed by atoms with Gasteiger partial charge in [0.15, 0.2) is 0 Å². The van der Waals surface area contributed by atoms with E-state index in [4.69, 9.17) is 4.74 Å². The third-order valence-electron chi connectivity index (χ3n) is 2.33. The Balaban J connectivity index is 3.01. The highest BCUT2D eigenvalue weighted by atomic mass is 16.5. The minimum absolute atomic E-state index is 0.312. The van der Waals surface area contributed by atoms with E-state index >= 15 is 0 Å². The zero-order valence-corrected chi connectivity index (χ0v) is 10.3. The van der Waals surface area contributed by atoms with E-state index in [1.807, 2.05) is 13.0 Å². The molecule has 0 aliphatic rings. The van der Waals surface area contributed by atoms with Gasteiger partial charge in [-0.1, -0.05) is 12.1 Å². The molecule has 0 unspecified atom stereocenters. The van der Waals surface area contributed by atoms with Crippen LogP contribution in [0.1, 0.15) is 35.3 Å². The Hall–Kier alpha value is -1.90. The topological polar surface area (TPSA) is 43.4 Å². The normalized spacial score (nSPS) is 11.1. The van der Waals surface area contributed by atoms with Crippen molar-refractivity contribution < 1.29 is 14.3 Å². The van der Waals surface area contributed by atoms with Crippen molar-refractivity contribution in [1.29, 1.82) is 0 Å². The second-order valence-corrected chi connectivity index (χ2v) is 3.80. The van der Waals surface area contributed by atoms with E-state index < -0.39 is 0 Å². The van der Waals surface area contributed by atoms with Gasteiger partial charge in [0.1, 0.15) is 6.29 Å². The predicted octanol–water partition coefficient (Wildman–Crippen LogP) is 2.77. The van der Waals surface area contributed by atoms with E-state index in [1.54, 1.807) is 32.1 Å². The molecule has 1 aromatic carbocycles. The van der Waals surface area contributed by atoms with Gasteiger partial charge in [-0.2, -0.15) is 0 Å². The van der Waals surface area contributed by atoms with Crippen LogP contribution in [0.25, 0.3) is 6.08 Å². The maximum atomic E-state index is 11.6. The summed E-state index contributed by atoms with van der Waals surface area (Å²) in [5, 5.41) is 0. The van der Waals surface area contributed by atoms with E-state index in [9.17, 15) is 9.59 Å². The lowest BCUT2D eigenvalue weighted by atomic mass is 10.0. The van der Waals surface area contributed by atoms with Gasteiger partial charge in [-0.25, -0.2) is 4.79 Å². The standard InChI is InChI=1S/C14H16O3/c1-4-17-14(16)13-6-5-12(8-11(13)3)7-10(2)9-15/h5-9H,4H2,1-3H3/b10-7+. The molecule has 0 aliphatic carbocycles. The maximum Gasteiger partial charge on any atom is 0.338 e. The number of rotatable bonds is 4. The summed E-state index contributed by atoms with van der Waals surface area (Å²) in [6, 6.07) is 5.38. The molecular weight excluding hydrogens is 216 g/mol. The Morgan fingerprint density at radius 1 is 1.41 bits per heavy atom. The van der Waals surface area contributed by atoms with Gasteiger partial charge < -0.3 is 4.74 Å². The number of esters is 1. The molecule has 0 N–H and O–H groups in total. The Labute approximate surface area is 101 Å². The molecule has 0 bridgehead atoms. The number of carbonyl (C=O) groups is 2. The highest BCUT2D eigenvalue weighted by molar-refractivity contribution is 5.91. The number of aryl methyl sites for hydroxylation is 1. The largest absolute Gasteiger partial charge is 0.462 e. The van der Waals surface area contributed by atoms with Gasteiger partial charge in [0.2, 0.25) is 0 Å². The molecule has 1 rings (SSSR count). The molecule has 0 saturated heterocycles. The molecule has 0 atom stereocenters. The van der Waals surface area contributed by atoms with Crippen LogP contribution in [0, 0.1) is 6.92 Å². The van der Waals surface area contributed by atoms with Crippen molar-refractivity contribution in [2.24, 2.45) is 0 Å². The average molecular weight is 232 g/mol. The summed E-state index contributed by atoms with van der Waals surface area (Å²) in [7, 11) is 0. The summed E-state index contributed by atoms with van der Waals surface area (Å²) < 4.78 is 4.94. The van der Waals surface area contributed by atoms with Crippen LogP contribution >= 0.6 is 0 Å². The van der Waals surface area contributed by atoms with Gasteiger partial charge in [-0.3, -0.25) is 4.79 Å². The highest BCUT2D eigenvalue weighted by Gasteiger charge is 2.09. The maximum absolute atomic E-state index is 11.6. The number of hydrogen-bond acceptors (Lipinski definition) is 3. The number of aldehydes is 1. The molecule has 0 amide bonds. The predicted molar refractivity (Wildman–Crippen MR) is 66.9 cm³/mol. The highest BCUT2D eigenvalue weighted by Crippen LogP contribution is 2.14. The molecule has 3 nitrogen and oxygen atoms in total. The quantitative estimate of drug-likeness (QED) is 0.455. The minimum Gasteiger partial charge on any atom is -0.462 e. The SMILES string of the molecule is CCOC(=O)c1ccc(/C=C(\C)C=O)cc1C. The smallest absolute Gasteiger partial charge is 0.338 e. The molecule has 3 heteroatoms. The summed E-state index contributed by atoms with van der Waals surface area (Å²) in [6.07, 6.45) is 2.57. The summed E-state index contributed by atoms with van der Waals surface area (Å²) in [5.74, 6) is -0.312. The summed E-state index contributed by atoms with van der Waals surface area (Å²) in [6.45, 7) is 5.73. The van der Waals surface area contributed by atoms with Crippen molar-refractivity contribution >= 4 is 18.3 Å². The molecule has 0 fully saturated rings. The van der Waals surface area contributed by atoms with Crippen LogP contribution in [0.2, 0.25) is 0 Å². The molecule has 0 aromatic heterocycles. The van der Waals surface area contributed by atoms with Crippen LogP contribution in [0.5, 0.6) is 0 Å². The lowest BCUT2D eigenvalue weighted by Crippen LogP contribution is -2.06. The molecule has 17 heavy (non-hydrogen) atoms. The fourth-order valence-electron chi connectivity index (χ4n) is 1.51. The molecule has 0 aliphatic heterocycles. The van der Waals surface area contributed by atoms with Gasteiger partial charge in [0.05, 0.1) is 12.2 Å². The van der Waals surface area contributed by atoms with Crippen LogP contribution in [0.4, 0.5) is 0 Å². The van der Waals surface area contributed by atoms with E-state index in [0.717, 1.165) is 17.4 Å². The van der Waals surface area contributed by atoms with E-state index in [2.05, 4.69) is 0 Å². The van der Waals surface area contributed by atoms with Gasteiger partial charge in [0, 0.05) is 0 Å². The summed E-state index contributed by atoms with van der Waals surface area (Å²) in [4.78, 5) is 22.1. The Bertz CT molecular complexity index is 459. The molecule has 1 aromatic rings. The van der Waals surface area contributed by atoms with E-state index in [0.29, 0.717) is 17.7 Å². The van der Waals surface area contributed by atoms with Crippen molar-refractivity contribution in [2.45, 2.75) is 20.8 Å². The molecule has 0 spiro atoms. The summed E-state index contributed by atoms with van der Waals surface area (Å²) >= 11 is 0. The number of allylic oxidation sites excluding steroid dienone is 1. The summed E-state index contributed by atoms with van der Waals surface area (Å²) in [5.41, 5.74) is 2.96. The van der Waals surface area contributed by atoms with Crippen molar-refractivity contribution in [2.75, 3.05) is 6.61 Å². The van der Waals surface area contributed by atoms with Crippen molar-refractivity contribution in [3.05, 3.63) is 40.5 Å². The third-order valence-corrected chi connectivity index (χ3v) is 2.33. The number of carbonyl (C=O) groups excluding carboxylic acids is 2. The third kappa shape index (κ3) is 3.55. The van der Waals surface area contributed by atoms with Crippen LogP contribution in [-0.4, -0.2) is 18.9 Å². The van der Waals surface area contributed by atoms with E-state index in [-0.39, 0.29) is 5.97 Å². The number of hydrogen-bond donors (Lipinski definition) is 0. The first kappa shape index (κ1) is 13.2. The molecule has 90 valence electrons. The first-order valence-corrected chi connectivity index (χ1v) is 5.49. The van der Waals surface area contributed by atoms with E-state index in [1.165, 1.54) is 0 Å². The van der Waals surface area contributed by atoms with Crippen molar-refractivity contribution in [3.8, 4) is 0 Å². The zero-order chi connectivity index (χ0) is 12.8. The van der Waals surface area contributed by atoms with Gasteiger partial charge in [0.25, 0.3) is 0 Å². The molecule has 0 saturated carbocycles. The zero-order valence-electron chi connectivity index (χ0n) is 10.3. The minimum atomic E-state index is -0.312. The monoisotopic (exact) mass is 232 g/mol. The van der Waals surface area contributed by atoms with Crippen LogP contribution in [0.3, 0.4) is 0 Å². The molecule has 0 radical (unpaired) electrons. The van der Waals surface area contributed by atoms with Gasteiger partial charge in [-0.15, -0.1) is 0 Å². The molecular formula is C14H16O3. The second kappa shape index (κ2) is 5.99. The van der Waals surface area contributed by atoms with Crippen LogP contribution in [0.15, 0.2) is 23.8 Å². The fraction of sp³-hybridized carbons (Fsp3) is 0.286. The Morgan fingerprint density at radius 2 is 2.12 bits per heavy atom. The fourth-order valence-corrected chi connectivity index (χ4v) is 1.51. The molecule has 0 heterocycles. The van der Waals surface area contributed by atoms with Gasteiger partial charge in [-0.05, 0) is 49.6 Å². The first-order valence-electron chi connectivity index (χ1n) is 5.49. The average Bonchev–Trinajstić information content (AvgIpc) is 2.29. The van der Waals surface area contributed by atoms with Crippen molar-refractivity contribution in [1.82, 2.24) is 0 Å². The first-order chi connectivity index (χ1) is 8.08. The number of benzene rings is 1.